The Hall–Kier alpha value is -3.47. The summed E-state index contributed by atoms with van der Waals surface area (Å²) in [4.78, 5) is 28.2. The van der Waals surface area contributed by atoms with E-state index in [0.29, 0.717) is 23.5 Å². The molecule has 2 amide bonds. The Kier molecular flexibility index (Phi) is 5.16. The molecule has 0 spiro atoms. The first kappa shape index (κ1) is 16.4. The molecular formula is C20H17N3O2. The number of aromatic nitrogens is 1. The summed E-state index contributed by atoms with van der Waals surface area (Å²) in [5.41, 5.74) is 2.52. The number of benzene rings is 2. The molecule has 3 rings (SSSR count). The van der Waals surface area contributed by atoms with Gasteiger partial charge in [-0.25, -0.2) is 0 Å². The predicted octanol–water partition coefficient (Wildman–Crippen LogP) is 3.26. The molecule has 3 aromatic rings. The number of rotatable bonds is 5. The third kappa shape index (κ3) is 4.51. The number of nitrogens with zero attached hydrogens (tertiary/aromatic N) is 1. The van der Waals surface area contributed by atoms with Gasteiger partial charge in [0.15, 0.2) is 0 Å². The van der Waals surface area contributed by atoms with Gasteiger partial charge in [0.2, 0.25) is 0 Å². The summed E-state index contributed by atoms with van der Waals surface area (Å²) in [6.07, 6.45) is 1.56. The molecule has 0 aliphatic heterocycles. The molecule has 0 saturated carbocycles. The van der Waals surface area contributed by atoms with Crippen molar-refractivity contribution in [3.8, 4) is 0 Å². The average molecular weight is 331 g/mol. The molecule has 0 aliphatic carbocycles. The Morgan fingerprint density at radius 1 is 0.800 bits per heavy atom. The zero-order valence-corrected chi connectivity index (χ0v) is 13.5. The predicted molar refractivity (Wildman–Crippen MR) is 96.2 cm³/mol. The molecule has 25 heavy (non-hydrogen) atoms. The van der Waals surface area contributed by atoms with Gasteiger partial charge < -0.3 is 10.6 Å². The number of carbonyl (C=O) groups is 2. The van der Waals surface area contributed by atoms with Crippen molar-refractivity contribution in [2.24, 2.45) is 0 Å². The highest BCUT2D eigenvalue weighted by atomic mass is 16.2. The Balaban J connectivity index is 1.58. The molecular weight excluding hydrogens is 314 g/mol. The smallest absolute Gasteiger partial charge is 0.274 e. The van der Waals surface area contributed by atoms with Gasteiger partial charge in [0.05, 0.1) is 0 Å². The molecule has 124 valence electrons. The lowest BCUT2D eigenvalue weighted by atomic mass is 10.1. The van der Waals surface area contributed by atoms with Crippen LogP contribution in [0.15, 0.2) is 79.0 Å². The summed E-state index contributed by atoms with van der Waals surface area (Å²) < 4.78 is 0. The van der Waals surface area contributed by atoms with Crippen molar-refractivity contribution in [1.29, 1.82) is 0 Å². The van der Waals surface area contributed by atoms with E-state index in [0.717, 1.165) is 5.56 Å². The molecule has 0 saturated heterocycles. The highest BCUT2D eigenvalue weighted by Crippen LogP contribution is 2.11. The van der Waals surface area contributed by atoms with Gasteiger partial charge in [0.1, 0.15) is 5.69 Å². The number of nitrogens with one attached hydrogen (secondary N) is 2. The van der Waals surface area contributed by atoms with Crippen molar-refractivity contribution in [2.75, 3.05) is 5.32 Å². The summed E-state index contributed by atoms with van der Waals surface area (Å²) in [5, 5.41) is 5.61. The van der Waals surface area contributed by atoms with Crippen LogP contribution in [0.3, 0.4) is 0 Å². The van der Waals surface area contributed by atoms with E-state index in [1.54, 1.807) is 48.7 Å². The first-order chi connectivity index (χ1) is 12.2. The molecule has 1 heterocycles. The molecule has 0 aliphatic rings. The quantitative estimate of drug-likeness (QED) is 0.754. The summed E-state index contributed by atoms with van der Waals surface area (Å²) in [6.45, 7) is 0.470. The van der Waals surface area contributed by atoms with Crippen molar-refractivity contribution in [3.05, 3.63) is 95.8 Å². The molecule has 0 radical (unpaired) electrons. The van der Waals surface area contributed by atoms with Crippen LogP contribution in [0, 0.1) is 0 Å². The van der Waals surface area contributed by atoms with E-state index in [1.807, 2.05) is 30.3 Å². The van der Waals surface area contributed by atoms with E-state index >= 15 is 0 Å². The second kappa shape index (κ2) is 7.88. The molecule has 1 aromatic heterocycles. The lowest BCUT2D eigenvalue weighted by Gasteiger charge is -2.07. The van der Waals surface area contributed by atoms with Crippen LogP contribution in [0.5, 0.6) is 0 Å². The first-order valence-corrected chi connectivity index (χ1v) is 7.87. The van der Waals surface area contributed by atoms with Crippen molar-refractivity contribution >= 4 is 17.5 Å². The van der Waals surface area contributed by atoms with Crippen molar-refractivity contribution in [3.63, 3.8) is 0 Å². The van der Waals surface area contributed by atoms with Crippen LogP contribution in [-0.2, 0) is 6.54 Å². The van der Waals surface area contributed by atoms with Crippen LogP contribution in [0.4, 0.5) is 5.69 Å². The SMILES string of the molecule is O=C(NCc1ccccc1)c1ccc(NC(=O)c2ccccn2)cc1. The maximum atomic E-state index is 12.2. The van der Waals surface area contributed by atoms with E-state index < -0.39 is 0 Å². The maximum Gasteiger partial charge on any atom is 0.274 e. The first-order valence-electron chi connectivity index (χ1n) is 7.87. The number of anilines is 1. The van der Waals surface area contributed by atoms with Crippen LogP contribution < -0.4 is 10.6 Å². The van der Waals surface area contributed by atoms with Gasteiger partial charge in [-0.15, -0.1) is 0 Å². The Morgan fingerprint density at radius 2 is 1.52 bits per heavy atom. The highest BCUT2D eigenvalue weighted by Gasteiger charge is 2.08. The number of pyridine rings is 1. The van der Waals surface area contributed by atoms with E-state index in [1.165, 1.54) is 0 Å². The fraction of sp³-hybridized carbons (Fsp3) is 0.0500. The van der Waals surface area contributed by atoms with Gasteiger partial charge in [-0.1, -0.05) is 36.4 Å². The highest BCUT2D eigenvalue weighted by molar-refractivity contribution is 6.03. The minimum Gasteiger partial charge on any atom is -0.348 e. The summed E-state index contributed by atoms with van der Waals surface area (Å²) >= 11 is 0. The molecule has 0 unspecified atom stereocenters. The minimum absolute atomic E-state index is 0.161. The topological polar surface area (TPSA) is 71.1 Å². The molecule has 0 fully saturated rings. The molecule has 2 aromatic carbocycles. The van der Waals surface area contributed by atoms with Gasteiger partial charge in [-0.2, -0.15) is 0 Å². The number of hydrogen-bond donors (Lipinski definition) is 2. The molecule has 0 atom stereocenters. The summed E-state index contributed by atoms with van der Waals surface area (Å²) in [6, 6.07) is 21.6. The summed E-state index contributed by atoms with van der Waals surface area (Å²) in [5.74, 6) is -0.451. The van der Waals surface area contributed by atoms with E-state index in [4.69, 9.17) is 0 Å². The standard InChI is InChI=1S/C20H17N3O2/c24-19(22-14-15-6-2-1-3-7-15)16-9-11-17(12-10-16)23-20(25)18-8-4-5-13-21-18/h1-13H,14H2,(H,22,24)(H,23,25). The number of hydrogen-bond acceptors (Lipinski definition) is 3. The zero-order chi connectivity index (χ0) is 17.5. The number of amides is 2. The average Bonchev–Trinajstić information content (AvgIpc) is 2.68. The van der Waals surface area contributed by atoms with Gasteiger partial charge in [0.25, 0.3) is 11.8 Å². The van der Waals surface area contributed by atoms with Gasteiger partial charge in [-0.05, 0) is 42.0 Å². The van der Waals surface area contributed by atoms with Crippen LogP contribution in [0.1, 0.15) is 26.4 Å². The third-order valence-electron chi connectivity index (χ3n) is 3.60. The fourth-order valence-corrected chi connectivity index (χ4v) is 2.28. The van der Waals surface area contributed by atoms with Crippen LogP contribution in [0.25, 0.3) is 0 Å². The van der Waals surface area contributed by atoms with Crippen molar-refractivity contribution in [2.45, 2.75) is 6.54 Å². The van der Waals surface area contributed by atoms with E-state index in [2.05, 4.69) is 15.6 Å². The second-order valence-electron chi connectivity index (χ2n) is 5.41. The lowest BCUT2D eigenvalue weighted by Crippen LogP contribution is -2.22. The number of carbonyl (C=O) groups excluding carboxylic acids is 2. The van der Waals surface area contributed by atoms with E-state index in [-0.39, 0.29) is 11.8 Å². The van der Waals surface area contributed by atoms with Crippen molar-refractivity contribution in [1.82, 2.24) is 10.3 Å². The van der Waals surface area contributed by atoms with Crippen LogP contribution >= 0.6 is 0 Å². The van der Waals surface area contributed by atoms with Gasteiger partial charge in [-0.3, -0.25) is 14.6 Å². The molecule has 0 bridgehead atoms. The summed E-state index contributed by atoms with van der Waals surface area (Å²) in [7, 11) is 0. The van der Waals surface area contributed by atoms with Crippen LogP contribution in [-0.4, -0.2) is 16.8 Å². The van der Waals surface area contributed by atoms with Gasteiger partial charge in [0, 0.05) is 24.0 Å². The Bertz CT molecular complexity index is 847. The van der Waals surface area contributed by atoms with Gasteiger partial charge >= 0.3 is 0 Å². The second-order valence-corrected chi connectivity index (χ2v) is 5.41. The monoisotopic (exact) mass is 331 g/mol. The molecule has 5 heteroatoms. The normalized spacial score (nSPS) is 10.1. The molecule has 2 N–H and O–H groups in total. The van der Waals surface area contributed by atoms with Crippen molar-refractivity contribution < 1.29 is 9.59 Å². The molecule has 5 nitrogen and oxygen atoms in total. The van der Waals surface area contributed by atoms with Crippen LogP contribution in [0.2, 0.25) is 0 Å². The largest absolute Gasteiger partial charge is 0.348 e. The lowest BCUT2D eigenvalue weighted by molar-refractivity contribution is 0.0950. The minimum atomic E-state index is -0.290. The third-order valence-corrected chi connectivity index (χ3v) is 3.60. The Labute approximate surface area is 145 Å². The Morgan fingerprint density at radius 3 is 2.20 bits per heavy atom. The zero-order valence-electron chi connectivity index (χ0n) is 13.5. The van der Waals surface area contributed by atoms with E-state index in [9.17, 15) is 9.59 Å². The fourth-order valence-electron chi connectivity index (χ4n) is 2.28. The maximum absolute atomic E-state index is 12.2.